The number of nitrogens with zero attached hydrogens (tertiary/aromatic N) is 1. The van der Waals surface area contributed by atoms with Crippen LogP contribution in [-0.4, -0.2) is 21.5 Å². The third kappa shape index (κ3) is 3.53. The van der Waals surface area contributed by atoms with Crippen LogP contribution in [0.15, 0.2) is 4.99 Å². The predicted octanol–water partition coefficient (Wildman–Crippen LogP) is -0.255. The molecule has 2 nitrogen and oxygen atoms in total. The molecule has 0 aliphatic rings. The molecule has 0 amide bonds. The zero-order chi connectivity index (χ0) is 4.12. The molecule has 0 atom stereocenters. The van der Waals surface area contributed by atoms with Gasteiger partial charge in [0.25, 0.3) is 0 Å². The largest absolute Gasteiger partial charge is 0.560 e. The molecule has 5 heavy (non-hydrogen) atoms. The summed E-state index contributed by atoms with van der Waals surface area (Å²) >= 11 is 0. The SMILES string of the molecule is [B]OC=NC. The van der Waals surface area contributed by atoms with Gasteiger partial charge < -0.3 is 4.65 Å². The Morgan fingerprint density at radius 2 is 2.60 bits per heavy atom. The van der Waals surface area contributed by atoms with Gasteiger partial charge in [-0.15, -0.1) is 0 Å². The number of aliphatic imine (C=N–C) groups is 1. The normalized spacial score (nSPS) is 9.00. The molecule has 0 saturated heterocycles. The first-order valence-corrected chi connectivity index (χ1v) is 1.18. The van der Waals surface area contributed by atoms with E-state index in [1.165, 1.54) is 0 Å². The molecule has 0 saturated carbocycles. The third-order valence-corrected chi connectivity index (χ3v) is 0.166. The van der Waals surface area contributed by atoms with Crippen LogP contribution in [0.4, 0.5) is 0 Å². The summed E-state index contributed by atoms with van der Waals surface area (Å²) in [5.41, 5.74) is 0. The number of hydrogen-bond acceptors (Lipinski definition) is 2. The Morgan fingerprint density at radius 1 is 2.00 bits per heavy atom. The van der Waals surface area contributed by atoms with Gasteiger partial charge in [0.05, 0.1) is 0 Å². The van der Waals surface area contributed by atoms with Gasteiger partial charge in [0.1, 0.15) is 6.40 Å². The fourth-order valence-electron chi connectivity index (χ4n) is 0.0609. The highest BCUT2D eigenvalue weighted by Crippen LogP contribution is 1.47. The van der Waals surface area contributed by atoms with Gasteiger partial charge in [0, 0.05) is 7.05 Å². The Hall–Kier alpha value is -0.465. The summed E-state index contributed by atoms with van der Waals surface area (Å²) < 4.78 is 3.90. The first-order chi connectivity index (χ1) is 2.41. The van der Waals surface area contributed by atoms with Gasteiger partial charge in [-0.1, -0.05) is 0 Å². The van der Waals surface area contributed by atoms with Crippen molar-refractivity contribution in [3.05, 3.63) is 0 Å². The maximum absolute atomic E-state index is 4.49. The van der Waals surface area contributed by atoms with Crippen LogP contribution in [0.3, 0.4) is 0 Å². The van der Waals surface area contributed by atoms with Crippen LogP contribution in [0, 0.1) is 0 Å². The minimum Gasteiger partial charge on any atom is -0.560 e. The Bertz CT molecular complexity index is 36.6. The summed E-state index contributed by atoms with van der Waals surface area (Å²) in [7, 11) is 6.07. The fourth-order valence-corrected chi connectivity index (χ4v) is 0.0609. The van der Waals surface area contributed by atoms with Crippen LogP contribution in [0.2, 0.25) is 0 Å². The van der Waals surface area contributed by atoms with Crippen LogP contribution >= 0.6 is 0 Å². The lowest BCUT2D eigenvalue weighted by Gasteiger charge is -1.76. The van der Waals surface area contributed by atoms with Gasteiger partial charge in [-0.05, 0) is 0 Å². The smallest absolute Gasteiger partial charge is 0.375 e. The van der Waals surface area contributed by atoms with E-state index in [1.54, 1.807) is 7.05 Å². The molecule has 0 spiro atoms. The van der Waals surface area contributed by atoms with Crippen molar-refractivity contribution in [2.24, 2.45) is 4.99 Å². The lowest BCUT2D eigenvalue weighted by molar-refractivity contribution is 0.639. The topological polar surface area (TPSA) is 21.6 Å². The van der Waals surface area contributed by atoms with Crippen LogP contribution in [-0.2, 0) is 4.65 Å². The maximum atomic E-state index is 4.49. The lowest BCUT2D eigenvalue weighted by Crippen LogP contribution is -1.74. The van der Waals surface area contributed by atoms with Crippen LogP contribution in [0.1, 0.15) is 0 Å². The summed E-state index contributed by atoms with van der Waals surface area (Å²) in [6.45, 7) is 0. The van der Waals surface area contributed by atoms with Crippen molar-refractivity contribution in [3.63, 3.8) is 0 Å². The van der Waals surface area contributed by atoms with E-state index in [1.807, 2.05) is 0 Å². The highest BCUT2D eigenvalue weighted by molar-refractivity contribution is 6.02. The third-order valence-electron chi connectivity index (χ3n) is 0.166. The maximum Gasteiger partial charge on any atom is 0.375 e. The molecule has 26 valence electrons. The molecular formula is C2H4BNO. The molecule has 0 bridgehead atoms. The highest BCUT2D eigenvalue weighted by atomic mass is 16.4. The molecule has 0 aliphatic carbocycles. The van der Waals surface area contributed by atoms with E-state index >= 15 is 0 Å². The molecule has 0 aromatic rings. The van der Waals surface area contributed by atoms with Gasteiger partial charge in [-0.25, -0.2) is 0 Å². The molecular weight excluding hydrogens is 64.8 g/mol. The fraction of sp³-hybridized carbons (Fsp3) is 0.500. The number of rotatable bonds is 1. The quantitative estimate of drug-likeness (QED) is 0.236. The van der Waals surface area contributed by atoms with E-state index in [9.17, 15) is 0 Å². The van der Waals surface area contributed by atoms with Gasteiger partial charge in [-0.2, -0.15) is 0 Å². The molecule has 0 N–H and O–H groups in total. The molecule has 0 rings (SSSR count). The second-order valence-electron chi connectivity index (χ2n) is 0.500. The van der Waals surface area contributed by atoms with Crippen molar-refractivity contribution < 1.29 is 4.65 Å². The van der Waals surface area contributed by atoms with Gasteiger partial charge >= 0.3 is 8.05 Å². The lowest BCUT2D eigenvalue weighted by atomic mass is 10.6. The molecule has 2 radical (unpaired) electrons. The Balaban J connectivity index is 2.62. The van der Waals surface area contributed by atoms with Crippen LogP contribution < -0.4 is 0 Å². The van der Waals surface area contributed by atoms with E-state index in [4.69, 9.17) is 0 Å². The number of hydrogen-bond donors (Lipinski definition) is 0. The highest BCUT2D eigenvalue weighted by Gasteiger charge is 1.49. The summed E-state index contributed by atoms with van der Waals surface area (Å²) in [5.74, 6) is 0. The van der Waals surface area contributed by atoms with Crippen LogP contribution in [0.5, 0.6) is 0 Å². The second kappa shape index (κ2) is 3.53. The first kappa shape index (κ1) is 4.53. The molecule has 0 aliphatic heterocycles. The minimum absolute atomic E-state index is 1.15. The first-order valence-electron chi connectivity index (χ1n) is 1.18. The van der Waals surface area contributed by atoms with Gasteiger partial charge in [0.2, 0.25) is 0 Å². The Labute approximate surface area is 32.3 Å². The van der Waals surface area contributed by atoms with Crippen molar-refractivity contribution >= 4 is 14.4 Å². The summed E-state index contributed by atoms with van der Waals surface area (Å²) in [4.78, 5) is 3.38. The molecule has 3 heteroatoms. The molecule has 0 unspecified atom stereocenters. The van der Waals surface area contributed by atoms with Crippen molar-refractivity contribution in [3.8, 4) is 0 Å². The van der Waals surface area contributed by atoms with Gasteiger partial charge in [0.15, 0.2) is 0 Å². The summed E-state index contributed by atoms with van der Waals surface area (Å²) in [6, 6.07) is 0. The Morgan fingerprint density at radius 3 is 2.60 bits per heavy atom. The molecule has 0 aromatic heterocycles. The van der Waals surface area contributed by atoms with E-state index < -0.39 is 0 Å². The summed E-state index contributed by atoms with van der Waals surface area (Å²) in [6.07, 6.45) is 1.15. The predicted molar refractivity (Wildman–Crippen MR) is 21.3 cm³/mol. The zero-order valence-corrected chi connectivity index (χ0v) is 3.01. The average molecular weight is 68.9 g/mol. The monoisotopic (exact) mass is 69.0 g/mol. The standard InChI is InChI=1S/C2H4BNO/c1-4-2-5-3/h2H,1H3. The van der Waals surface area contributed by atoms with Crippen LogP contribution in [0.25, 0.3) is 0 Å². The van der Waals surface area contributed by atoms with Crippen molar-refractivity contribution in [1.29, 1.82) is 0 Å². The van der Waals surface area contributed by atoms with E-state index in [-0.39, 0.29) is 0 Å². The minimum atomic E-state index is 1.15. The van der Waals surface area contributed by atoms with Gasteiger partial charge in [-0.3, -0.25) is 4.99 Å². The Kier molecular flexibility index (Phi) is 3.21. The van der Waals surface area contributed by atoms with E-state index in [0.29, 0.717) is 0 Å². The molecule has 0 heterocycles. The van der Waals surface area contributed by atoms with Crippen molar-refractivity contribution in [2.75, 3.05) is 7.05 Å². The zero-order valence-electron chi connectivity index (χ0n) is 3.01. The molecule has 0 fully saturated rings. The van der Waals surface area contributed by atoms with Crippen molar-refractivity contribution in [2.45, 2.75) is 0 Å². The van der Waals surface area contributed by atoms with E-state index in [2.05, 4.69) is 17.7 Å². The summed E-state index contributed by atoms with van der Waals surface area (Å²) in [5, 5.41) is 0. The van der Waals surface area contributed by atoms with E-state index in [0.717, 1.165) is 6.40 Å². The average Bonchev–Trinajstić information content (AvgIpc) is 1.41. The van der Waals surface area contributed by atoms with Crippen molar-refractivity contribution in [1.82, 2.24) is 0 Å². The second-order valence-corrected chi connectivity index (χ2v) is 0.500. The molecule has 0 aromatic carbocycles.